The third kappa shape index (κ3) is 5.36. The summed E-state index contributed by atoms with van der Waals surface area (Å²) >= 11 is 1.77. The number of aromatic nitrogens is 1. The fourth-order valence-electron chi connectivity index (χ4n) is 1.88. The summed E-state index contributed by atoms with van der Waals surface area (Å²) < 4.78 is 0. The van der Waals surface area contributed by atoms with Crippen LogP contribution in [0.3, 0.4) is 0 Å². The third-order valence-electron chi connectivity index (χ3n) is 2.88. The largest absolute Gasteiger partial charge is 0.308 e. The standard InChI is InChI=1S/C13H24N2S.ClH/c1-6-11(13(3,4)5)14-8-10-9-16-12(7-2)15-10;/h9,11,14H,6-8H2,1-5H3;1H. The average molecular weight is 277 g/mol. The molecule has 0 bridgehead atoms. The van der Waals surface area contributed by atoms with Crippen LogP contribution in [-0.2, 0) is 13.0 Å². The Bertz CT molecular complexity index is 317. The molecule has 1 rings (SSSR count). The first-order chi connectivity index (χ1) is 7.47. The molecule has 0 aliphatic carbocycles. The third-order valence-corrected chi connectivity index (χ3v) is 3.93. The Hall–Kier alpha value is -0.120. The number of thiazole rings is 1. The normalized spacial score (nSPS) is 13.2. The highest BCUT2D eigenvalue weighted by Crippen LogP contribution is 2.22. The van der Waals surface area contributed by atoms with Crippen molar-refractivity contribution >= 4 is 23.7 Å². The van der Waals surface area contributed by atoms with Crippen LogP contribution < -0.4 is 5.32 Å². The number of nitrogens with zero attached hydrogens (tertiary/aromatic N) is 1. The molecule has 0 saturated carbocycles. The Morgan fingerprint density at radius 2 is 2.00 bits per heavy atom. The van der Waals surface area contributed by atoms with Gasteiger partial charge < -0.3 is 5.32 Å². The lowest BCUT2D eigenvalue weighted by Gasteiger charge is -2.30. The molecule has 0 amide bonds. The van der Waals surface area contributed by atoms with Gasteiger partial charge in [-0.15, -0.1) is 23.7 Å². The minimum Gasteiger partial charge on any atom is -0.308 e. The van der Waals surface area contributed by atoms with Crippen LogP contribution in [0.2, 0.25) is 0 Å². The van der Waals surface area contributed by atoms with E-state index in [9.17, 15) is 0 Å². The zero-order valence-electron chi connectivity index (χ0n) is 11.5. The van der Waals surface area contributed by atoms with Crippen molar-refractivity contribution in [2.24, 2.45) is 5.41 Å². The summed E-state index contributed by atoms with van der Waals surface area (Å²) in [5, 5.41) is 7.01. The fourth-order valence-corrected chi connectivity index (χ4v) is 2.63. The molecule has 0 aromatic carbocycles. The van der Waals surface area contributed by atoms with Crippen molar-refractivity contribution in [3.05, 3.63) is 16.1 Å². The molecule has 0 saturated heterocycles. The first-order valence-corrected chi connectivity index (χ1v) is 7.02. The van der Waals surface area contributed by atoms with Gasteiger partial charge in [-0.3, -0.25) is 0 Å². The van der Waals surface area contributed by atoms with Gasteiger partial charge in [-0.05, 0) is 18.3 Å². The number of hydrogen-bond acceptors (Lipinski definition) is 3. The van der Waals surface area contributed by atoms with E-state index in [4.69, 9.17) is 0 Å². The molecule has 0 spiro atoms. The lowest BCUT2D eigenvalue weighted by molar-refractivity contribution is 0.259. The van der Waals surface area contributed by atoms with Crippen LogP contribution in [0.1, 0.15) is 51.7 Å². The van der Waals surface area contributed by atoms with Gasteiger partial charge in [0.2, 0.25) is 0 Å². The number of rotatable bonds is 5. The summed E-state index contributed by atoms with van der Waals surface area (Å²) in [4.78, 5) is 4.57. The van der Waals surface area contributed by atoms with E-state index < -0.39 is 0 Å². The molecule has 0 aliphatic rings. The monoisotopic (exact) mass is 276 g/mol. The van der Waals surface area contributed by atoms with Crippen LogP contribution in [-0.4, -0.2) is 11.0 Å². The SMILES string of the molecule is CCc1nc(CNC(CC)C(C)(C)C)cs1.Cl. The van der Waals surface area contributed by atoms with Crippen LogP contribution >= 0.6 is 23.7 Å². The van der Waals surface area contributed by atoms with Gasteiger partial charge in [-0.2, -0.15) is 0 Å². The molecular weight excluding hydrogens is 252 g/mol. The first-order valence-electron chi connectivity index (χ1n) is 6.14. The van der Waals surface area contributed by atoms with Gasteiger partial charge in [-0.25, -0.2) is 4.98 Å². The zero-order chi connectivity index (χ0) is 12.2. The predicted octanol–water partition coefficient (Wildman–Crippen LogP) is 4.04. The van der Waals surface area contributed by atoms with Crippen molar-refractivity contribution in [3.63, 3.8) is 0 Å². The van der Waals surface area contributed by atoms with Gasteiger partial charge in [0, 0.05) is 18.0 Å². The molecule has 1 heterocycles. The number of halogens is 1. The summed E-state index contributed by atoms with van der Waals surface area (Å²) in [6.07, 6.45) is 2.20. The maximum Gasteiger partial charge on any atom is 0.0926 e. The maximum atomic E-state index is 4.57. The van der Waals surface area contributed by atoms with Crippen molar-refractivity contribution in [2.75, 3.05) is 0 Å². The smallest absolute Gasteiger partial charge is 0.0926 e. The molecule has 4 heteroatoms. The van der Waals surface area contributed by atoms with E-state index >= 15 is 0 Å². The summed E-state index contributed by atoms with van der Waals surface area (Å²) in [5.41, 5.74) is 1.50. The molecule has 2 nitrogen and oxygen atoms in total. The molecule has 0 radical (unpaired) electrons. The lowest BCUT2D eigenvalue weighted by Crippen LogP contribution is -2.39. The molecule has 1 aromatic rings. The molecule has 100 valence electrons. The molecule has 1 unspecified atom stereocenters. The summed E-state index contributed by atoms with van der Waals surface area (Å²) in [7, 11) is 0. The minimum atomic E-state index is 0. The second kappa shape index (κ2) is 7.34. The van der Waals surface area contributed by atoms with Crippen LogP contribution in [0.4, 0.5) is 0 Å². The minimum absolute atomic E-state index is 0. The van der Waals surface area contributed by atoms with Crippen LogP contribution in [0.15, 0.2) is 5.38 Å². The highest BCUT2D eigenvalue weighted by atomic mass is 35.5. The van der Waals surface area contributed by atoms with E-state index in [2.05, 4.69) is 50.3 Å². The van der Waals surface area contributed by atoms with E-state index in [0.717, 1.165) is 19.4 Å². The molecular formula is C13H25ClN2S. The number of hydrogen-bond donors (Lipinski definition) is 1. The van der Waals surface area contributed by atoms with Gasteiger partial charge in [0.15, 0.2) is 0 Å². The molecule has 17 heavy (non-hydrogen) atoms. The van der Waals surface area contributed by atoms with E-state index in [1.54, 1.807) is 11.3 Å². The number of nitrogens with one attached hydrogen (secondary N) is 1. The van der Waals surface area contributed by atoms with Crippen LogP contribution in [0, 0.1) is 5.41 Å². The van der Waals surface area contributed by atoms with Crippen molar-refractivity contribution in [2.45, 2.75) is 60.0 Å². The summed E-state index contributed by atoms with van der Waals surface area (Å²) in [5.74, 6) is 0. The lowest BCUT2D eigenvalue weighted by atomic mass is 9.85. The fraction of sp³-hybridized carbons (Fsp3) is 0.769. The van der Waals surface area contributed by atoms with Crippen LogP contribution in [0.25, 0.3) is 0 Å². The second-order valence-electron chi connectivity index (χ2n) is 5.29. The Labute approximate surface area is 116 Å². The summed E-state index contributed by atoms with van der Waals surface area (Å²) in [6, 6.07) is 0.555. The molecule has 0 fully saturated rings. The van der Waals surface area contributed by atoms with Gasteiger partial charge in [0.1, 0.15) is 0 Å². The van der Waals surface area contributed by atoms with Crippen molar-refractivity contribution in [3.8, 4) is 0 Å². The van der Waals surface area contributed by atoms with Crippen LogP contribution in [0.5, 0.6) is 0 Å². The molecule has 0 aliphatic heterocycles. The van der Waals surface area contributed by atoms with E-state index in [-0.39, 0.29) is 12.4 Å². The zero-order valence-corrected chi connectivity index (χ0v) is 13.2. The quantitative estimate of drug-likeness (QED) is 0.878. The first kappa shape index (κ1) is 16.9. The molecule has 1 N–H and O–H groups in total. The van der Waals surface area contributed by atoms with Gasteiger partial charge >= 0.3 is 0 Å². The summed E-state index contributed by atoms with van der Waals surface area (Å²) in [6.45, 7) is 12.1. The maximum absolute atomic E-state index is 4.57. The van der Waals surface area contributed by atoms with Gasteiger partial charge in [-0.1, -0.05) is 34.6 Å². The van der Waals surface area contributed by atoms with E-state index in [0.29, 0.717) is 11.5 Å². The average Bonchev–Trinajstić information content (AvgIpc) is 2.64. The molecule has 1 aromatic heterocycles. The second-order valence-corrected chi connectivity index (χ2v) is 6.24. The predicted molar refractivity (Wildman–Crippen MR) is 79.1 cm³/mol. The van der Waals surface area contributed by atoms with Crippen molar-refractivity contribution < 1.29 is 0 Å². The molecule has 1 atom stereocenters. The Morgan fingerprint density at radius 3 is 2.41 bits per heavy atom. The van der Waals surface area contributed by atoms with E-state index in [1.165, 1.54) is 10.7 Å². The van der Waals surface area contributed by atoms with E-state index in [1.807, 2.05) is 0 Å². The van der Waals surface area contributed by atoms with Gasteiger partial charge in [0.25, 0.3) is 0 Å². The Kier molecular flexibility index (Phi) is 7.29. The topological polar surface area (TPSA) is 24.9 Å². The highest BCUT2D eigenvalue weighted by Gasteiger charge is 2.22. The number of aryl methyl sites for hydroxylation is 1. The Morgan fingerprint density at radius 1 is 1.35 bits per heavy atom. The van der Waals surface area contributed by atoms with Gasteiger partial charge in [0.05, 0.1) is 10.7 Å². The van der Waals surface area contributed by atoms with Crippen molar-refractivity contribution in [1.82, 2.24) is 10.3 Å². The highest BCUT2D eigenvalue weighted by molar-refractivity contribution is 7.09. The Balaban J connectivity index is 0.00000256. The van der Waals surface area contributed by atoms with Crippen molar-refractivity contribution in [1.29, 1.82) is 0 Å².